The van der Waals surface area contributed by atoms with E-state index in [1.807, 2.05) is 0 Å². The predicted octanol–water partition coefficient (Wildman–Crippen LogP) is 11.6. The Morgan fingerprint density at radius 2 is 0.836 bits per heavy atom. The van der Waals surface area contributed by atoms with Gasteiger partial charge in [0.25, 0.3) is 0 Å². The van der Waals surface area contributed by atoms with E-state index in [0.29, 0.717) is 0 Å². The molecule has 0 amide bonds. The maximum Gasteiger partial charge on any atom is 0.182 e. The molecule has 61 heavy (non-hydrogen) atoms. The molecule has 3 heteroatoms. The average Bonchev–Trinajstić information content (AvgIpc) is 3.86. The fourth-order valence-electron chi connectivity index (χ4n) is 12.6. The highest BCUT2D eigenvalue weighted by molar-refractivity contribution is 7.24. The molecule has 4 aliphatic heterocycles. The number of ether oxygens (including phenoxy) is 1. The van der Waals surface area contributed by atoms with Crippen molar-refractivity contribution in [3.63, 3.8) is 0 Å². The Balaban J connectivity index is 1.06. The van der Waals surface area contributed by atoms with Crippen molar-refractivity contribution in [2.24, 2.45) is 0 Å². The van der Waals surface area contributed by atoms with Crippen LogP contribution in [-0.2, 0) is 10.8 Å². The molecule has 0 N–H and O–H groups in total. The summed E-state index contributed by atoms with van der Waals surface area (Å²) in [6.07, 6.45) is 0. The van der Waals surface area contributed by atoms with Gasteiger partial charge in [0.2, 0.25) is 0 Å². The second-order valence-corrected chi connectivity index (χ2v) is 21.6. The highest BCUT2D eigenvalue weighted by atomic mass is 28.3. The lowest BCUT2D eigenvalue weighted by atomic mass is 9.61. The average molecular weight is 794 g/mol. The molecule has 1 aliphatic carbocycles. The zero-order valence-corrected chi connectivity index (χ0v) is 34.9. The molecule has 2 spiro atoms. The molecule has 0 saturated carbocycles. The van der Waals surface area contributed by atoms with Gasteiger partial charge in [0.1, 0.15) is 11.5 Å². The molecule has 0 bridgehead atoms. The quantitative estimate of drug-likeness (QED) is 0.154. The summed E-state index contributed by atoms with van der Waals surface area (Å²) in [5.41, 5.74) is 18.9. The van der Waals surface area contributed by atoms with Gasteiger partial charge in [0.15, 0.2) is 8.07 Å². The van der Waals surface area contributed by atoms with Gasteiger partial charge in [-0.25, -0.2) is 0 Å². The summed E-state index contributed by atoms with van der Waals surface area (Å²) in [6.45, 7) is 4.81. The summed E-state index contributed by atoms with van der Waals surface area (Å²) in [4.78, 5) is 2.55. The van der Waals surface area contributed by atoms with Crippen LogP contribution in [0.25, 0.3) is 33.4 Å². The number of anilines is 3. The van der Waals surface area contributed by atoms with Gasteiger partial charge in [0.05, 0.1) is 16.8 Å². The molecule has 1 unspecified atom stereocenters. The molecule has 4 heterocycles. The number of hydrogen-bond acceptors (Lipinski definition) is 2. The third kappa shape index (κ3) is 3.90. The lowest BCUT2D eigenvalue weighted by molar-refractivity contribution is 0.434. The molecule has 9 aromatic rings. The number of para-hydroxylation sites is 4. The van der Waals surface area contributed by atoms with Gasteiger partial charge in [-0.2, -0.15) is 0 Å². The summed E-state index contributed by atoms with van der Waals surface area (Å²) in [6, 6.07) is 75.8. The first-order chi connectivity index (χ1) is 30.0. The zero-order valence-electron chi connectivity index (χ0n) is 33.9. The Labute approximate surface area is 357 Å². The van der Waals surface area contributed by atoms with Gasteiger partial charge in [-0.05, 0) is 119 Å². The Bertz CT molecular complexity index is 3320. The molecule has 9 aromatic carbocycles. The monoisotopic (exact) mass is 793 g/mol. The summed E-state index contributed by atoms with van der Waals surface area (Å²) < 4.78 is 6.69. The molecule has 0 fully saturated rings. The van der Waals surface area contributed by atoms with Crippen LogP contribution in [0.15, 0.2) is 200 Å². The van der Waals surface area contributed by atoms with E-state index in [1.54, 1.807) is 0 Å². The first-order valence-electron chi connectivity index (χ1n) is 21.5. The molecule has 0 aromatic heterocycles. The number of benzene rings is 9. The van der Waals surface area contributed by atoms with E-state index in [4.69, 9.17) is 4.74 Å². The molecule has 0 saturated heterocycles. The zero-order chi connectivity index (χ0) is 40.2. The fraction of sp³-hybridized carbons (Fsp3) is 0.0690. The fourth-order valence-corrected chi connectivity index (χ4v) is 18.2. The van der Waals surface area contributed by atoms with Gasteiger partial charge >= 0.3 is 0 Å². The van der Waals surface area contributed by atoms with Crippen molar-refractivity contribution in [1.82, 2.24) is 0 Å². The lowest BCUT2D eigenvalue weighted by Gasteiger charge is -2.48. The minimum atomic E-state index is -2.82. The van der Waals surface area contributed by atoms with Crippen LogP contribution in [0.1, 0.15) is 47.2 Å². The molecule has 0 radical (unpaired) electrons. The van der Waals surface area contributed by atoms with Crippen molar-refractivity contribution in [3.05, 3.63) is 234 Å². The van der Waals surface area contributed by atoms with Crippen molar-refractivity contribution >= 4 is 45.9 Å². The van der Waals surface area contributed by atoms with E-state index in [-0.39, 0.29) is 5.41 Å². The number of rotatable bonds is 1. The van der Waals surface area contributed by atoms with Crippen molar-refractivity contribution in [3.8, 4) is 44.9 Å². The Kier molecular flexibility index (Phi) is 6.36. The van der Waals surface area contributed by atoms with Gasteiger partial charge in [-0.1, -0.05) is 172 Å². The number of fused-ring (bicyclic) bond motifs is 21. The SMILES string of the molecule is CC1(C)c2ccccc2-c2cc3c(cc21)-c1ccccc1[Si]31c2ccccc2-c2ccc(N3c4ccccc4C4(c5ccccc5Oc5ccccc54)c4ccccc43)cc21. The van der Waals surface area contributed by atoms with E-state index >= 15 is 0 Å². The standard InChI is InChI=1S/C58H39NOSi/c1-57(2)43-20-6-3-17-37(43)41-35-56-42(34-48(41)57)39-19-5-16-30-54(39)61(56)53-29-15-4-18-38(53)40-32-31-36(33-55(40)61)59-49-25-11-7-21-44(49)58(45-22-8-12-26-50(45)59)46-23-9-13-27-51(46)60-52-28-14-10-24-47(52)58/h3-35H,1-2H3. The topological polar surface area (TPSA) is 12.5 Å². The van der Waals surface area contributed by atoms with Crippen LogP contribution in [0.4, 0.5) is 17.1 Å². The maximum absolute atomic E-state index is 6.69. The van der Waals surface area contributed by atoms with E-state index < -0.39 is 13.5 Å². The van der Waals surface area contributed by atoms with Crippen molar-refractivity contribution in [1.29, 1.82) is 0 Å². The summed E-state index contributed by atoms with van der Waals surface area (Å²) >= 11 is 0. The Hall–Kier alpha value is -7.20. The third-order valence-corrected chi connectivity index (χ3v) is 19.9. The number of nitrogens with zero attached hydrogens (tertiary/aromatic N) is 1. The smallest absolute Gasteiger partial charge is 0.182 e. The van der Waals surface area contributed by atoms with Crippen molar-refractivity contribution < 1.29 is 4.74 Å². The van der Waals surface area contributed by atoms with Crippen LogP contribution in [-0.4, -0.2) is 8.07 Å². The van der Waals surface area contributed by atoms with E-state index in [9.17, 15) is 0 Å². The van der Waals surface area contributed by atoms with Crippen LogP contribution in [0.3, 0.4) is 0 Å². The van der Waals surface area contributed by atoms with Gasteiger partial charge in [-0.3, -0.25) is 0 Å². The molecule has 286 valence electrons. The minimum absolute atomic E-state index is 0.0796. The molecule has 14 rings (SSSR count). The second kappa shape index (κ2) is 11.5. The van der Waals surface area contributed by atoms with Crippen LogP contribution in [0, 0.1) is 0 Å². The predicted molar refractivity (Wildman–Crippen MR) is 252 cm³/mol. The second-order valence-electron chi connectivity index (χ2n) is 17.9. The molecular formula is C58H39NOSi. The molecule has 1 atom stereocenters. The lowest BCUT2D eigenvalue weighted by Crippen LogP contribution is -2.70. The maximum atomic E-state index is 6.69. The van der Waals surface area contributed by atoms with Crippen LogP contribution < -0.4 is 30.4 Å². The Morgan fingerprint density at radius 3 is 1.48 bits per heavy atom. The van der Waals surface area contributed by atoms with Crippen molar-refractivity contribution in [2.75, 3.05) is 4.90 Å². The van der Waals surface area contributed by atoms with E-state index in [2.05, 4.69) is 219 Å². The van der Waals surface area contributed by atoms with Crippen LogP contribution >= 0.6 is 0 Å². The number of hydrogen-bond donors (Lipinski definition) is 0. The highest BCUT2D eigenvalue weighted by Crippen LogP contribution is 2.63. The van der Waals surface area contributed by atoms with Crippen LogP contribution in [0.5, 0.6) is 11.5 Å². The normalized spacial score (nSPS) is 17.8. The van der Waals surface area contributed by atoms with E-state index in [1.165, 1.54) is 105 Å². The van der Waals surface area contributed by atoms with Gasteiger partial charge < -0.3 is 9.64 Å². The summed E-state index contributed by atoms with van der Waals surface area (Å²) in [5, 5.41) is 5.97. The van der Waals surface area contributed by atoms with Crippen molar-refractivity contribution in [2.45, 2.75) is 24.7 Å². The first-order valence-corrected chi connectivity index (χ1v) is 23.5. The molecule has 2 nitrogen and oxygen atoms in total. The van der Waals surface area contributed by atoms with Crippen LogP contribution in [0.2, 0.25) is 0 Å². The van der Waals surface area contributed by atoms with Gasteiger partial charge in [-0.15, -0.1) is 0 Å². The molecular weight excluding hydrogens is 755 g/mol. The highest BCUT2D eigenvalue weighted by Gasteiger charge is 2.56. The third-order valence-electron chi connectivity index (χ3n) is 14.9. The first kappa shape index (κ1) is 33.6. The molecule has 5 aliphatic rings. The minimum Gasteiger partial charge on any atom is -0.457 e. The van der Waals surface area contributed by atoms with Gasteiger partial charge in [0, 0.05) is 22.2 Å². The van der Waals surface area contributed by atoms with E-state index in [0.717, 1.165) is 11.5 Å². The summed E-state index contributed by atoms with van der Waals surface area (Å²) in [5.74, 6) is 1.80. The summed E-state index contributed by atoms with van der Waals surface area (Å²) in [7, 11) is -2.82. The Morgan fingerprint density at radius 1 is 0.361 bits per heavy atom. The largest absolute Gasteiger partial charge is 0.457 e.